The highest BCUT2D eigenvalue weighted by molar-refractivity contribution is 5.94. The van der Waals surface area contributed by atoms with Crippen LogP contribution in [0.1, 0.15) is 12.0 Å². The summed E-state index contributed by atoms with van der Waals surface area (Å²) in [5.41, 5.74) is 6.55. The fourth-order valence-electron chi connectivity index (χ4n) is 1.76. The van der Waals surface area contributed by atoms with E-state index in [4.69, 9.17) is 5.73 Å². The molecule has 0 radical (unpaired) electrons. The van der Waals surface area contributed by atoms with Crippen LogP contribution < -0.4 is 5.73 Å². The summed E-state index contributed by atoms with van der Waals surface area (Å²) in [5, 5.41) is 11.7. The van der Waals surface area contributed by atoms with Gasteiger partial charge < -0.3 is 10.8 Å². The number of hydrogen-bond donors (Lipinski definition) is 2. The van der Waals surface area contributed by atoms with Crippen LogP contribution in [0.4, 0.5) is 0 Å². The Morgan fingerprint density at radius 1 is 1.06 bits per heavy atom. The van der Waals surface area contributed by atoms with Crippen molar-refractivity contribution in [3.8, 4) is 5.75 Å². The Labute approximate surface area is 95.0 Å². The molecule has 0 atom stereocenters. The van der Waals surface area contributed by atoms with E-state index in [-0.39, 0.29) is 0 Å². The average molecular weight is 213 g/mol. The third kappa shape index (κ3) is 2.07. The van der Waals surface area contributed by atoms with Gasteiger partial charge in [0.15, 0.2) is 0 Å². The molecule has 0 bridgehead atoms. The molecule has 0 aromatic heterocycles. The zero-order chi connectivity index (χ0) is 11.4. The van der Waals surface area contributed by atoms with Crippen molar-refractivity contribution in [2.45, 2.75) is 6.42 Å². The highest BCUT2D eigenvalue weighted by Gasteiger charge is 2.01. The zero-order valence-electron chi connectivity index (χ0n) is 9.06. The molecule has 0 saturated heterocycles. The Kier molecular flexibility index (Phi) is 3.22. The number of aromatic hydroxyl groups is 1. The second kappa shape index (κ2) is 4.81. The molecule has 2 nitrogen and oxygen atoms in total. The number of benzene rings is 2. The van der Waals surface area contributed by atoms with E-state index in [2.05, 4.69) is 12.2 Å². The number of phenols is 1. The second-order valence-corrected chi connectivity index (χ2v) is 3.70. The minimum absolute atomic E-state index is 0.326. The maximum absolute atomic E-state index is 9.72. The lowest BCUT2D eigenvalue weighted by Crippen LogP contribution is -1.94. The largest absolute Gasteiger partial charge is 0.507 e. The summed E-state index contributed by atoms with van der Waals surface area (Å²) >= 11 is 0. The van der Waals surface area contributed by atoms with Crippen molar-refractivity contribution in [3.05, 3.63) is 48.0 Å². The molecular weight excluding hydrogens is 198 g/mol. The van der Waals surface area contributed by atoms with E-state index in [9.17, 15) is 5.11 Å². The quantitative estimate of drug-likeness (QED) is 0.823. The van der Waals surface area contributed by atoms with Crippen LogP contribution in [0.3, 0.4) is 0 Å². The van der Waals surface area contributed by atoms with Crippen LogP contribution in [0, 0.1) is 0 Å². The Morgan fingerprint density at radius 2 is 1.81 bits per heavy atom. The van der Waals surface area contributed by atoms with E-state index in [0.717, 1.165) is 22.8 Å². The fourth-order valence-corrected chi connectivity index (χ4v) is 1.76. The first-order valence-electron chi connectivity index (χ1n) is 5.40. The molecule has 16 heavy (non-hydrogen) atoms. The van der Waals surface area contributed by atoms with Gasteiger partial charge in [-0.2, -0.15) is 0 Å². The fraction of sp³-hybridized carbons (Fsp3) is 0.143. The Hall–Kier alpha value is -1.80. The molecule has 0 aliphatic rings. The van der Waals surface area contributed by atoms with Crippen LogP contribution >= 0.6 is 0 Å². The van der Waals surface area contributed by atoms with Gasteiger partial charge in [0, 0.05) is 5.39 Å². The number of rotatable bonds is 3. The molecule has 0 aliphatic carbocycles. The van der Waals surface area contributed by atoms with Gasteiger partial charge in [0.05, 0.1) is 0 Å². The molecule has 0 heterocycles. The molecule has 0 aliphatic heterocycles. The Bertz CT molecular complexity index is 517. The number of hydrogen-bond acceptors (Lipinski definition) is 2. The first-order chi connectivity index (χ1) is 7.83. The summed E-state index contributed by atoms with van der Waals surface area (Å²) in [6, 6.07) is 11.5. The lowest BCUT2D eigenvalue weighted by Gasteiger charge is -2.04. The van der Waals surface area contributed by atoms with Gasteiger partial charge in [-0.05, 0) is 30.0 Å². The smallest absolute Gasteiger partial charge is 0.123 e. The zero-order valence-corrected chi connectivity index (χ0v) is 9.06. The van der Waals surface area contributed by atoms with Crippen LogP contribution in [0.2, 0.25) is 0 Å². The molecule has 2 aromatic rings. The summed E-state index contributed by atoms with van der Waals surface area (Å²) in [4.78, 5) is 0. The van der Waals surface area contributed by atoms with E-state index >= 15 is 0 Å². The molecule has 82 valence electrons. The minimum atomic E-state index is 0.326. The molecule has 0 fully saturated rings. The van der Waals surface area contributed by atoms with E-state index in [0.29, 0.717) is 12.3 Å². The van der Waals surface area contributed by atoms with E-state index in [1.165, 1.54) is 0 Å². The van der Waals surface area contributed by atoms with Gasteiger partial charge in [0.2, 0.25) is 0 Å². The molecule has 3 N–H and O–H groups in total. The van der Waals surface area contributed by atoms with Gasteiger partial charge in [-0.1, -0.05) is 42.5 Å². The predicted molar refractivity (Wildman–Crippen MR) is 68.3 cm³/mol. The van der Waals surface area contributed by atoms with E-state index in [1.807, 2.05) is 30.3 Å². The highest BCUT2D eigenvalue weighted by atomic mass is 16.3. The van der Waals surface area contributed by atoms with Gasteiger partial charge in [0.1, 0.15) is 5.75 Å². The molecule has 2 rings (SSSR count). The van der Waals surface area contributed by atoms with Gasteiger partial charge in [-0.25, -0.2) is 0 Å². The lowest BCUT2D eigenvalue weighted by atomic mass is 10.0. The van der Waals surface area contributed by atoms with Crippen molar-refractivity contribution in [2.24, 2.45) is 5.73 Å². The summed E-state index contributed by atoms with van der Waals surface area (Å²) < 4.78 is 0. The molecule has 2 aromatic carbocycles. The van der Waals surface area contributed by atoms with Crippen molar-refractivity contribution < 1.29 is 5.11 Å². The molecule has 2 heteroatoms. The van der Waals surface area contributed by atoms with Gasteiger partial charge in [-0.15, -0.1) is 0 Å². The molecular formula is C14H15NO. The van der Waals surface area contributed by atoms with Crippen LogP contribution in [-0.2, 0) is 0 Å². The summed E-state index contributed by atoms with van der Waals surface area (Å²) in [5.74, 6) is 0.326. The Morgan fingerprint density at radius 3 is 2.56 bits per heavy atom. The maximum Gasteiger partial charge on any atom is 0.123 e. The number of phenolic OH excluding ortho intramolecular Hbond substituents is 1. The van der Waals surface area contributed by atoms with Gasteiger partial charge in [-0.3, -0.25) is 0 Å². The first-order valence-corrected chi connectivity index (χ1v) is 5.40. The van der Waals surface area contributed by atoms with Crippen LogP contribution in [0.5, 0.6) is 5.75 Å². The lowest BCUT2D eigenvalue weighted by molar-refractivity contribution is 0.481. The van der Waals surface area contributed by atoms with Gasteiger partial charge in [0.25, 0.3) is 0 Å². The summed E-state index contributed by atoms with van der Waals surface area (Å²) in [6.45, 7) is 0.659. The monoisotopic (exact) mass is 213 g/mol. The third-order valence-electron chi connectivity index (χ3n) is 2.57. The Balaban J connectivity index is 2.50. The SMILES string of the molecule is NCCC=Cc1ccc(O)c2ccccc12. The standard InChI is InChI=1S/C14H15NO/c15-10-4-3-5-11-8-9-14(16)13-7-2-1-6-12(11)13/h1-3,5-9,16H,4,10,15H2. The second-order valence-electron chi connectivity index (χ2n) is 3.70. The van der Waals surface area contributed by atoms with Crippen molar-refractivity contribution in [1.29, 1.82) is 0 Å². The van der Waals surface area contributed by atoms with Crippen LogP contribution in [0.15, 0.2) is 42.5 Å². The van der Waals surface area contributed by atoms with Crippen LogP contribution in [-0.4, -0.2) is 11.7 Å². The number of nitrogens with two attached hydrogens (primary N) is 1. The normalized spacial score (nSPS) is 11.3. The summed E-state index contributed by atoms with van der Waals surface area (Å²) in [7, 11) is 0. The minimum Gasteiger partial charge on any atom is -0.507 e. The molecule has 0 unspecified atom stereocenters. The van der Waals surface area contributed by atoms with Crippen molar-refractivity contribution >= 4 is 16.8 Å². The predicted octanol–water partition coefficient (Wildman–Crippen LogP) is 2.91. The van der Waals surface area contributed by atoms with Crippen molar-refractivity contribution in [1.82, 2.24) is 0 Å². The van der Waals surface area contributed by atoms with Gasteiger partial charge >= 0.3 is 0 Å². The molecule has 0 amide bonds. The van der Waals surface area contributed by atoms with E-state index in [1.54, 1.807) is 6.07 Å². The topological polar surface area (TPSA) is 46.2 Å². The summed E-state index contributed by atoms with van der Waals surface area (Å²) in [6.07, 6.45) is 4.97. The molecule has 0 spiro atoms. The number of fused-ring (bicyclic) bond motifs is 1. The highest BCUT2D eigenvalue weighted by Crippen LogP contribution is 2.27. The van der Waals surface area contributed by atoms with Crippen LogP contribution in [0.25, 0.3) is 16.8 Å². The average Bonchev–Trinajstić information content (AvgIpc) is 2.33. The van der Waals surface area contributed by atoms with Crippen molar-refractivity contribution in [2.75, 3.05) is 6.54 Å². The maximum atomic E-state index is 9.72. The third-order valence-corrected chi connectivity index (χ3v) is 2.57. The van der Waals surface area contributed by atoms with E-state index < -0.39 is 0 Å². The molecule has 0 saturated carbocycles. The van der Waals surface area contributed by atoms with Crippen molar-refractivity contribution in [3.63, 3.8) is 0 Å². The first kappa shape index (κ1) is 10.7.